The summed E-state index contributed by atoms with van der Waals surface area (Å²) in [6.07, 6.45) is 2.69. The third-order valence-corrected chi connectivity index (χ3v) is 8.83. The van der Waals surface area contributed by atoms with E-state index in [-0.39, 0.29) is 30.1 Å². The zero-order valence-corrected chi connectivity index (χ0v) is 22.7. The molecule has 1 aromatic rings. The molecular formula is C27H42N2O5S. The van der Waals surface area contributed by atoms with Crippen molar-refractivity contribution in [2.75, 3.05) is 46.5 Å². The highest BCUT2D eigenvalue weighted by Crippen LogP contribution is 2.34. The van der Waals surface area contributed by atoms with E-state index in [9.17, 15) is 13.5 Å². The second kappa shape index (κ2) is 12.6. The molecule has 0 bridgehead atoms. The van der Waals surface area contributed by atoms with E-state index in [2.05, 4.69) is 37.6 Å². The van der Waals surface area contributed by atoms with Gasteiger partial charge in [0.25, 0.3) is 0 Å². The number of rotatable bonds is 7. The van der Waals surface area contributed by atoms with Crippen LogP contribution in [0.5, 0.6) is 5.75 Å². The first-order chi connectivity index (χ1) is 16.6. The first-order valence-corrected chi connectivity index (χ1v) is 14.2. The minimum atomic E-state index is -3.84. The van der Waals surface area contributed by atoms with Crippen LogP contribution in [0.4, 0.5) is 0 Å². The van der Waals surface area contributed by atoms with Crippen molar-refractivity contribution in [3.63, 3.8) is 0 Å². The van der Waals surface area contributed by atoms with Crippen LogP contribution in [-0.2, 0) is 14.8 Å². The number of hydrogen-bond donors (Lipinski definition) is 1. The third kappa shape index (κ3) is 7.43. The number of likely N-dealkylation sites (N-methyl/N-ethyl adjacent to an activating group) is 1. The Balaban J connectivity index is 1.92. The predicted molar refractivity (Wildman–Crippen MR) is 138 cm³/mol. The van der Waals surface area contributed by atoms with Crippen LogP contribution < -0.4 is 4.74 Å². The molecule has 0 radical (unpaired) electrons. The van der Waals surface area contributed by atoms with Crippen LogP contribution in [0, 0.1) is 29.6 Å². The lowest BCUT2D eigenvalue weighted by Gasteiger charge is -2.38. The zero-order valence-electron chi connectivity index (χ0n) is 21.9. The minimum absolute atomic E-state index is 0.0697. The van der Waals surface area contributed by atoms with Crippen molar-refractivity contribution in [2.45, 2.75) is 64.0 Å². The lowest BCUT2D eigenvalue weighted by atomic mass is 9.98. The van der Waals surface area contributed by atoms with Gasteiger partial charge in [0.1, 0.15) is 16.7 Å². The minimum Gasteiger partial charge on any atom is -0.487 e. The molecule has 3 rings (SSSR count). The second-order valence-corrected chi connectivity index (χ2v) is 12.4. The highest BCUT2D eigenvalue weighted by molar-refractivity contribution is 7.89. The van der Waals surface area contributed by atoms with E-state index in [0.29, 0.717) is 24.1 Å². The molecule has 35 heavy (non-hydrogen) atoms. The molecule has 8 heteroatoms. The maximum atomic E-state index is 13.6. The summed E-state index contributed by atoms with van der Waals surface area (Å²) in [5.41, 5.74) is 0.740. The van der Waals surface area contributed by atoms with Crippen LogP contribution in [0.25, 0.3) is 0 Å². The largest absolute Gasteiger partial charge is 0.487 e. The number of ether oxygens (including phenoxy) is 2. The molecule has 1 N–H and O–H groups in total. The fourth-order valence-corrected chi connectivity index (χ4v) is 6.46. The number of hydrogen-bond acceptors (Lipinski definition) is 6. The van der Waals surface area contributed by atoms with Gasteiger partial charge in [0.2, 0.25) is 10.0 Å². The van der Waals surface area contributed by atoms with Crippen molar-refractivity contribution in [2.24, 2.45) is 17.8 Å². The van der Waals surface area contributed by atoms with E-state index < -0.39 is 16.1 Å². The van der Waals surface area contributed by atoms with Crippen LogP contribution >= 0.6 is 0 Å². The van der Waals surface area contributed by atoms with Gasteiger partial charge in [-0.2, -0.15) is 4.31 Å². The van der Waals surface area contributed by atoms with Gasteiger partial charge in [-0.25, -0.2) is 8.42 Å². The Bertz CT molecular complexity index is 995. The second-order valence-electron chi connectivity index (χ2n) is 10.6. The molecule has 0 aliphatic carbocycles. The Morgan fingerprint density at radius 3 is 2.57 bits per heavy atom. The summed E-state index contributed by atoms with van der Waals surface area (Å²) in [5.74, 6) is 7.66. The van der Waals surface area contributed by atoms with Gasteiger partial charge in [-0.05, 0) is 56.8 Å². The average Bonchev–Trinajstić information content (AvgIpc) is 2.81. The first kappa shape index (κ1) is 27.9. The van der Waals surface area contributed by atoms with E-state index in [1.165, 1.54) is 4.31 Å². The van der Waals surface area contributed by atoms with Crippen molar-refractivity contribution in [1.82, 2.24) is 9.21 Å². The lowest BCUT2D eigenvalue weighted by Crippen LogP contribution is -2.50. The van der Waals surface area contributed by atoms with Crippen molar-refractivity contribution >= 4 is 10.0 Å². The fourth-order valence-electron chi connectivity index (χ4n) is 4.63. The van der Waals surface area contributed by atoms with Gasteiger partial charge in [-0.15, -0.1) is 0 Å². The van der Waals surface area contributed by atoms with E-state index in [4.69, 9.17) is 9.47 Å². The molecule has 0 saturated carbocycles. The Morgan fingerprint density at radius 1 is 1.20 bits per heavy atom. The van der Waals surface area contributed by atoms with Gasteiger partial charge in [0.15, 0.2) is 0 Å². The van der Waals surface area contributed by atoms with E-state index in [1.54, 1.807) is 25.1 Å². The van der Waals surface area contributed by atoms with Crippen LogP contribution in [0.15, 0.2) is 23.1 Å². The van der Waals surface area contributed by atoms with Crippen molar-refractivity contribution in [3.05, 3.63) is 23.8 Å². The fraction of sp³-hybridized carbons (Fsp3) is 0.704. The maximum absolute atomic E-state index is 13.6. The predicted octanol–water partition coefficient (Wildman–Crippen LogP) is 3.21. The quantitative estimate of drug-likeness (QED) is 0.572. The summed E-state index contributed by atoms with van der Waals surface area (Å²) in [7, 11) is -1.74. The number of nitrogens with zero attached hydrogens (tertiary/aromatic N) is 2. The standard InChI is InChI=1S/C27H42N2O5S/c1-20(2)7-6-8-23-9-10-27-25(15-23)34-26(18-28(5)17-24-11-13-33-14-12-24)21(3)16-29(22(4)19-30)35(27,31)32/h9-10,15,20-22,24,26,30H,7,11-14,16-19H2,1-5H3/t21-,22+,26+/m0/s1. The molecule has 0 amide bonds. The third-order valence-electron chi connectivity index (χ3n) is 6.81. The molecule has 2 heterocycles. The number of benzene rings is 1. The van der Waals surface area contributed by atoms with Gasteiger partial charge in [-0.3, -0.25) is 0 Å². The van der Waals surface area contributed by atoms with Gasteiger partial charge in [0.05, 0.1) is 6.61 Å². The van der Waals surface area contributed by atoms with E-state index in [0.717, 1.165) is 44.6 Å². The molecule has 1 saturated heterocycles. The molecule has 7 nitrogen and oxygen atoms in total. The molecule has 3 atom stereocenters. The molecule has 2 aliphatic rings. The molecule has 0 unspecified atom stereocenters. The molecule has 0 spiro atoms. The Kier molecular flexibility index (Phi) is 10.0. The van der Waals surface area contributed by atoms with Crippen LogP contribution in [0.3, 0.4) is 0 Å². The summed E-state index contributed by atoms with van der Waals surface area (Å²) in [5, 5.41) is 9.82. The molecule has 196 valence electrons. The smallest absolute Gasteiger partial charge is 0.247 e. The highest BCUT2D eigenvalue weighted by atomic mass is 32.2. The molecule has 0 aromatic heterocycles. The molecule has 1 fully saturated rings. The summed E-state index contributed by atoms with van der Waals surface area (Å²) in [6, 6.07) is 4.57. The van der Waals surface area contributed by atoms with Crippen molar-refractivity contribution in [1.29, 1.82) is 0 Å². The zero-order chi connectivity index (χ0) is 25.6. The topological polar surface area (TPSA) is 79.3 Å². The van der Waals surface area contributed by atoms with E-state index in [1.807, 2.05) is 6.92 Å². The first-order valence-electron chi connectivity index (χ1n) is 12.8. The summed E-state index contributed by atoms with van der Waals surface area (Å²) in [6.45, 7) is 11.3. The Morgan fingerprint density at radius 2 is 1.91 bits per heavy atom. The van der Waals surface area contributed by atoms with Crippen molar-refractivity contribution < 1.29 is 23.0 Å². The van der Waals surface area contributed by atoms with Gasteiger partial charge in [0, 0.05) is 56.8 Å². The molecule has 2 aliphatic heterocycles. The summed E-state index contributed by atoms with van der Waals surface area (Å²) in [4.78, 5) is 2.43. The van der Waals surface area contributed by atoms with Crippen LogP contribution in [0.1, 0.15) is 52.5 Å². The molecule has 1 aromatic carbocycles. The number of sulfonamides is 1. The summed E-state index contributed by atoms with van der Waals surface area (Å²) >= 11 is 0. The normalized spacial score (nSPS) is 24.1. The van der Waals surface area contributed by atoms with Gasteiger partial charge in [-0.1, -0.05) is 32.6 Å². The number of fused-ring (bicyclic) bond motifs is 1. The highest BCUT2D eigenvalue weighted by Gasteiger charge is 2.38. The van der Waals surface area contributed by atoms with Crippen molar-refractivity contribution in [3.8, 4) is 17.6 Å². The van der Waals surface area contributed by atoms with Gasteiger partial charge < -0.3 is 19.5 Å². The van der Waals surface area contributed by atoms with Crippen LogP contribution in [-0.4, -0.2) is 81.4 Å². The number of aliphatic hydroxyl groups excluding tert-OH is 1. The number of aliphatic hydroxyl groups is 1. The SMILES string of the molecule is CC(C)CC#Cc1ccc2c(c1)O[C@H](CN(C)CC1CCOCC1)[C@@H](C)CN([C@H](C)CO)S2(=O)=O. The maximum Gasteiger partial charge on any atom is 0.247 e. The van der Waals surface area contributed by atoms with Crippen LogP contribution in [0.2, 0.25) is 0 Å². The Hall–Kier alpha value is -1.63. The van der Waals surface area contributed by atoms with Gasteiger partial charge >= 0.3 is 0 Å². The molecular weight excluding hydrogens is 464 g/mol. The Labute approximate surface area is 211 Å². The summed E-state index contributed by atoms with van der Waals surface area (Å²) < 4.78 is 40.6. The lowest BCUT2D eigenvalue weighted by molar-refractivity contribution is 0.0402. The monoisotopic (exact) mass is 506 g/mol. The average molecular weight is 507 g/mol. The van der Waals surface area contributed by atoms with E-state index >= 15 is 0 Å².